The molecule has 0 bridgehead atoms. The van der Waals surface area contributed by atoms with Crippen LogP contribution in [0.15, 0.2) is 0 Å². The lowest BCUT2D eigenvalue weighted by molar-refractivity contribution is 0.141. The Hall–Kier alpha value is -0.0800. The molecule has 1 saturated heterocycles. The molecule has 0 aromatic rings. The number of rotatable bonds is 6. The second-order valence-corrected chi connectivity index (χ2v) is 7.85. The highest BCUT2D eigenvalue weighted by Crippen LogP contribution is 2.40. The van der Waals surface area contributed by atoms with E-state index in [1.807, 2.05) is 0 Å². The summed E-state index contributed by atoms with van der Waals surface area (Å²) in [6.45, 7) is 14.5. The minimum atomic E-state index is 0.577. The second-order valence-electron chi connectivity index (χ2n) is 7.85. The first kappa shape index (κ1) is 15.3. The minimum Gasteiger partial charge on any atom is -0.316 e. The van der Waals surface area contributed by atoms with Crippen LogP contribution in [-0.4, -0.2) is 37.1 Å². The van der Waals surface area contributed by atoms with E-state index in [1.54, 1.807) is 0 Å². The molecular weight excluding hydrogens is 232 g/mol. The van der Waals surface area contributed by atoms with E-state index in [0.717, 1.165) is 17.9 Å². The van der Waals surface area contributed by atoms with Crippen molar-refractivity contribution >= 4 is 0 Å². The monoisotopic (exact) mass is 266 g/mol. The molecule has 1 heterocycles. The Labute approximate surface area is 120 Å². The largest absolute Gasteiger partial charge is 0.316 e. The smallest absolute Gasteiger partial charge is 0.00702 e. The van der Waals surface area contributed by atoms with Crippen molar-refractivity contribution in [1.29, 1.82) is 0 Å². The predicted molar refractivity (Wildman–Crippen MR) is 83.4 cm³/mol. The topological polar surface area (TPSA) is 15.3 Å². The Morgan fingerprint density at radius 2 is 1.89 bits per heavy atom. The molecule has 1 N–H and O–H groups in total. The Balaban J connectivity index is 1.88. The Kier molecular flexibility index (Phi) is 5.30. The van der Waals surface area contributed by atoms with Crippen LogP contribution >= 0.6 is 0 Å². The lowest BCUT2D eigenvalue weighted by atomic mass is 9.85. The van der Waals surface area contributed by atoms with E-state index in [2.05, 4.69) is 37.9 Å². The zero-order valence-electron chi connectivity index (χ0n) is 13.5. The highest BCUT2D eigenvalue weighted by molar-refractivity contribution is 4.93. The predicted octanol–water partition coefficient (Wildman–Crippen LogP) is 3.52. The summed E-state index contributed by atoms with van der Waals surface area (Å²) < 4.78 is 0. The summed E-state index contributed by atoms with van der Waals surface area (Å²) in [5, 5.41) is 3.74. The fraction of sp³-hybridized carbons (Fsp3) is 1.00. The van der Waals surface area contributed by atoms with E-state index in [1.165, 1.54) is 58.3 Å². The lowest BCUT2D eigenvalue weighted by Gasteiger charge is -2.36. The molecule has 2 fully saturated rings. The molecule has 2 unspecified atom stereocenters. The van der Waals surface area contributed by atoms with E-state index >= 15 is 0 Å². The highest BCUT2D eigenvalue weighted by Gasteiger charge is 2.38. The van der Waals surface area contributed by atoms with Crippen molar-refractivity contribution < 1.29 is 0 Å². The van der Waals surface area contributed by atoms with Crippen molar-refractivity contribution in [3.8, 4) is 0 Å². The summed E-state index contributed by atoms with van der Waals surface area (Å²) >= 11 is 0. The van der Waals surface area contributed by atoms with Crippen LogP contribution in [-0.2, 0) is 0 Å². The van der Waals surface area contributed by atoms with Crippen molar-refractivity contribution in [2.75, 3.05) is 26.2 Å². The molecular formula is C17H34N2. The third-order valence-electron chi connectivity index (χ3n) is 5.17. The van der Waals surface area contributed by atoms with Crippen LogP contribution in [0.5, 0.6) is 0 Å². The van der Waals surface area contributed by atoms with Crippen LogP contribution in [0.3, 0.4) is 0 Å². The van der Waals surface area contributed by atoms with E-state index in [-0.39, 0.29) is 0 Å². The number of nitrogens with one attached hydrogen (secondary N) is 1. The summed E-state index contributed by atoms with van der Waals surface area (Å²) in [6.07, 6.45) is 7.17. The molecule has 1 aliphatic heterocycles. The molecule has 1 saturated carbocycles. The summed E-state index contributed by atoms with van der Waals surface area (Å²) in [5.41, 5.74) is 0.577. The van der Waals surface area contributed by atoms with E-state index < -0.39 is 0 Å². The average molecular weight is 266 g/mol. The highest BCUT2D eigenvalue weighted by atomic mass is 15.2. The Bertz CT molecular complexity index is 268. The van der Waals surface area contributed by atoms with Gasteiger partial charge in [0.15, 0.2) is 0 Å². The summed E-state index contributed by atoms with van der Waals surface area (Å²) in [7, 11) is 0. The molecule has 2 aliphatic rings. The third-order valence-corrected chi connectivity index (χ3v) is 5.17. The number of nitrogens with zero attached hydrogens (tertiary/aromatic N) is 1. The van der Waals surface area contributed by atoms with Gasteiger partial charge in [-0.25, -0.2) is 0 Å². The average Bonchev–Trinajstić information content (AvgIpc) is 2.87. The quantitative estimate of drug-likeness (QED) is 0.791. The molecule has 2 atom stereocenters. The van der Waals surface area contributed by atoms with E-state index in [9.17, 15) is 0 Å². The molecule has 2 rings (SSSR count). The van der Waals surface area contributed by atoms with Crippen molar-refractivity contribution in [1.82, 2.24) is 10.2 Å². The van der Waals surface area contributed by atoms with Crippen molar-refractivity contribution in [3.05, 3.63) is 0 Å². The molecule has 0 aromatic heterocycles. The van der Waals surface area contributed by atoms with Crippen molar-refractivity contribution in [3.63, 3.8) is 0 Å². The van der Waals surface area contributed by atoms with Crippen LogP contribution < -0.4 is 5.32 Å². The third kappa shape index (κ3) is 4.19. The number of likely N-dealkylation sites (tertiary alicyclic amines) is 1. The van der Waals surface area contributed by atoms with Gasteiger partial charge in [0, 0.05) is 25.7 Å². The van der Waals surface area contributed by atoms with Crippen molar-refractivity contribution in [2.45, 2.75) is 65.8 Å². The van der Waals surface area contributed by atoms with Gasteiger partial charge >= 0.3 is 0 Å². The minimum absolute atomic E-state index is 0.577. The molecule has 0 radical (unpaired) electrons. The summed E-state index contributed by atoms with van der Waals surface area (Å²) in [5.74, 6) is 1.67. The lowest BCUT2D eigenvalue weighted by Crippen LogP contribution is -2.44. The standard InChI is InChI=1S/C17H34N2/c1-14(2)10-18-12-17(7-5-6-8-17)13-19-11-15(3)9-16(19)4/h14-16,18H,5-13H2,1-4H3. The van der Waals surface area contributed by atoms with Gasteiger partial charge in [0.05, 0.1) is 0 Å². The van der Waals surface area contributed by atoms with Gasteiger partial charge in [-0.1, -0.05) is 33.6 Å². The van der Waals surface area contributed by atoms with Crippen LogP contribution in [0.1, 0.15) is 59.8 Å². The zero-order valence-corrected chi connectivity index (χ0v) is 13.5. The first-order valence-corrected chi connectivity index (χ1v) is 8.45. The SMILES string of the molecule is CC(C)CNCC1(CN2CC(C)CC2C)CCCC1. The maximum atomic E-state index is 3.74. The first-order valence-electron chi connectivity index (χ1n) is 8.45. The number of hydrogen-bond acceptors (Lipinski definition) is 2. The number of hydrogen-bond donors (Lipinski definition) is 1. The summed E-state index contributed by atoms with van der Waals surface area (Å²) in [6, 6.07) is 0.803. The van der Waals surface area contributed by atoms with E-state index in [0.29, 0.717) is 5.41 Å². The van der Waals surface area contributed by atoms with Gasteiger partial charge in [-0.2, -0.15) is 0 Å². The van der Waals surface area contributed by atoms with Crippen LogP contribution in [0.2, 0.25) is 0 Å². The first-order chi connectivity index (χ1) is 9.01. The van der Waals surface area contributed by atoms with Gasteiger partial charge in [-0.3, -0.25) is 4.90 Å². The normalized spacial score (nSPS) is 31.4. The van der Waals surface area contributed by atoms with Gasteiger partial charge in [-0.15, -0.1) is 0 Å². The van der Waals surface area contributed by atoms with Crippen LogP contribution in [0.25, 0.3) is 0 Å². The Morgan fingerprint density at radius 3 is 2.42 bits per heavy atom. The zero-order chi connectivity index (χ0) is 13.9. The van der Waals surface area contributed by atoms with E-state index in [4.69, 9.17) is 0 Å². The fourth-order valence-electron chi connectivity index (χ4n) is 4.18. The van der Waals surface area contributed by atoms with Gasteiger partial charge in [0.2, 0.25) is 0 Å². The van der Waals surface area contributed by atoms with Crippen LogP contribution in [0, 0.1) is 17.3 Å². The molecule has 2 heteroatoms. The summed E-state index contributed by atoms with van der Waals surface area (Å²) in [4.78, 5) is 2.77. The van der Waals surface area contributed by atoms with Gasteiger partial charge in [0.25, 0.3) is 0 Å². The maximum Gasteiger partial charge on any atom is 0.00702 e. The molecule has 0 aromatic carbocycles. The van der Waals surface area contributed by atoms with Gasteiger partial charge in [0.1, 0.15) is 0 Å². The molecule has 1 aliphatic carbocycles. The molecule has 2 nitrogen and oxygen atoms in total. The molecule has 112 valence electrons. The molecule has 0 spiro atoms. The molecule has 19 heavy (non-hydrogen) atoms. The second kappa shape index (κ2) is 6.58. The maximum absolute atomic E-state index is 3.74. The Morgan fingerprint density at radius 1 is 1.21 bits per heavy atom. The molecule has 0 amide bonds. The van der Waals surface area contributed by atoms with Gasteiger partial charge in [-0.05, 0) is 50.0 Å². The fourth-order valence-corrected chi connectivity index (χ4v) is 4.18. The van der Waals surface area contributed by atoms with Gasteiger partial charge < -0.3 is 5.32 Å². The van der Waals surface area contributed by atoms with Crippen molar-refractivity contribution in [2.24, 2.45) is 17.3 Å². The van der Waals surface area contributed by atoms with Crippen LogP contribution in [0.4, 0.5) is 0 Å².